The van der Waals surface area contributed by atoms with Crippen LogP contribution in [0.25, 0.3) is 22.2 Å². The first kappa shape index (κ1) is 12.2. The molecule has 0 unspecified atom stereocenters. The standard InChI is InChI=1S/C15H12N2O3/c1-20-15(19)10-3-5-14(18)11(6-10)9-2-4-12-13(7-9)17-8-16-12/h2-8,18H,1H3,(H,16,17). The van der Waals surface area contributed by atoms with Crippen molar-refractivity contribution in [1.29, 1.82) is 0 Å². The number of methoxy groups -OCH3 is 1. The molecule has 100 valence electrons. The Bertz CT molecular complexity index is 793. The Morgan fingerprint density at radius 2 is 2.10 bits per heavy atom. The lowest BCUT2D eigenvalue weighted by Gasteiger charge is -2.07. The summed E-state index contributed by atoms with van der Waals surface area (Å²) in [4.78, 5) is 18.7. The van der Waals surface area contributed by atoms with Crippen LogP contribution in [-0.4, -0.2) is 28.2 Å². The third kappa shape index (κ3) is 1.99. The highest BCUT2D eigenvalue weighted by molar-refractivity contribution is 5.92. The first-order valence-electron chi connectivity index (χ1n) is 6.04. The number of hydrogen-bond acceptors (Lipinski definition) is 4. The Morgan fingerprint density at radius 3 is 2.90 bits per heavy atom. The highest BCUT2D eigenvalue weighted by Gasteiger charge is 2.11. The summed E-state index contributed by atoms with van der Waals surface area (Å²) in [6.45, 7) is 0. The van der Waals surface area contributed by atoms with Crippen LogP contribution in [0, 0.1) is 0 Å². The van der Waals surface area contributed by atoms with Crippen LogP contribution in [0.3, 0.4) is 0 Å². The number of phenolic OH excluding ortho intramolecular Hbond substituents is 1. The number of aromatic nitrogens is 2. The molecule has 0 fully saturated rings. The van der Waals surface area contributed by atoms with E-state index in [-0.39, 0.29) is 5.75 Å². The molecule has 0 aliphatic rings. The number of benzene rings is 2. The topological polar surface area (TPSA) is 75.2 Å². The van der Waals surface area contributed by atoms with Crippen molar-refractivity contribution in [2.75, 3.05) is 7.11 Å². The predicted octanol–water partition coefficient (Wildman–Crippen LogP) is 2.72. The Kier molecular flexibility index (Phi) is 2.87. The Hall–Kier alpha value is -2.82. The van der Waals surface area contributed by atoms with Gasteiger partial charge in [0.1, 0.15) is 5.75 Å². The second-order valence-electron chi connectivity index (χ2n) is 4.36. The summed E-state index contributed by atoms with van der Waals surface area (Å²) in [5.41, 5.74) is 3.47. The van der Waals surface area contributed by atoms with Crippen molar-refractivity contribution in [1.82, 2.24) is 9.97 Å². The first-order valence-corrected chi connectivity index (χ1v) is 6.04. The number of esters is 1. The van der Waals surface area contributed by atoms with Gasteiger partial charge in [-0.2, -0.15) is 0 Å². The van der Waals surface area contributed by atoms with Gasteiger partial charge in [0.2, 0.25) is 0 Å². The van der Waals surface area contributed by atoms with Crippen LogP contribution in [0.15, 0.2) is 42.7 Å². The lowest BCUT2D eigenvalue weighted by Crippen LogP contribution is -2.00. The molecular formula is C15H12N2O3. The molecule has 1 heterocycles. The van der Waals surface area contributed by atoms with Crippen LogP contribution in [0.2, 0.25) is 0 Å². The third-order valence-corrected chi connectivity index (χ3v) is 3.15. The minimum absolute atomic E-state index is 0.108. The maximum Gasteiger partial charge on any atom is 0.337 e. The van der Waals surface area contributed by atoms with E-state index in [0.29, 0.717) is 11.1 Å². The molecule has 20 heavy (non-hydrogen) atoms. The number of carbonyl (C=O) groups excluding carboxylic acids is 1. The summed E-state index contributed by atoms with van der Waals surface area (Å²) in [6, 6.07) is 10.2. The van der Waals surface area contributed by atoms with Crippen molar-refractivity contribution in [3.8, 4) is 16.9 Å². The number of H-pyrrole nitrogens is 1. The lowest BCUT2D eigenvalue weighted by atomic mass is 10.0. The number of carbonyl (C=O) groups is 1. The molecule has 1 aromatic heterocycles. The average molecular weight is 268 g/mol. The van der Waals surface area contributed by atoms with E-state index < -0.39 is 5.97 Å². The fourth-order valence-electron chi connectivity index (χ4n) is 2.12. The number of hydrogen-bond donors (Lipinski definition) is 2. The maximum absolute atomic E-state index is 11.6. The number of fused-ring (bicyclic) bond motifs is 1. The van der Waals surface area contributed by atoms with Crippen molar-refractivity contribution >= 4 is 17.0 Å². The molecule has 0 aliphatic carbocycles. The number of nitrogens with one attached hydrogen (secondary N) is 1. The molecule has 0 atom stereocenters. The number of imidazole rings is 1. The van der Waals surface area contributed by atoms with Gasteiger partial charge in [-0.15, -0.1) is 0 Å². The summed E-state index contributed by atoms with van der Waals surface area (Å²) in [6.07, 6.45) is 1.61. The van der Waals surface area contributed by atoms with Gasteiger partial charge in [0, 0.05) is 5.56 Å². The SMILES string of the molecule is COC(=O)c1ccc(O)c(-c2ccc3nc[nH]c3c2)c1. The van der Waals surface area contributed by atoms with Gasteiger partial charge >= 0.3 is 5.97 Å². The Labute approximate surface area is 114 Å². The van der Waals surface area contributed by atoms with Crippen LogP contribution in [0.5, 0.6) is 5.75 Å². The summed E-state index contributed by atoms with van der Waals surface area (Å²) in [5.74, 6) is -0.328. The number of aromatic amines is 1. The van der Waals surface area contributed by atoms with Crippen LogP contribution in [-0.2, 0) is 4.74 Å². The van der Waals surface area contributed by atoms with Gasteiger partial charge in [0.25, 0.3) is 0 Å². The fraction of sp³-hybridized carbons (Fsp3) is 0.0667. The third-order valence-electron chi connectivity index (χ3n) is 3.15. The van der Waals surface area contributed by atoms with E-state index in [2.05, 4.69) is 14.7 Å². The van der Waals surface area contributed by atoms with E-state index in [1.54, 1.807) is 12.4 Å². The van der Waals surface area contributed by atoms with Crippen LogP contribution in [0.4, 0.5) is 0 Å². The maximum atomic E-state index is 11.6. The molecular weight excluding hydrogens is 256 g/mol. The molecule has 0 amide bonds. The lowest BCUT2D eigenvalue weighted by molar-refractivity contribution is 0.0601. The molecule has 2 aromatic carbocycles. The molecule has 0 saturated heterocycles. The molecule has 0 bridgehead atoms. The van der Waals surface area contributed by atoms with Gasteiger partial charge < -0.3 is 14.8 Å². The van der Waals surface area contributed by atoms with E-state index >= 15 is 0 Å². The minimum atomic E-state index is -0.436. The zero-order chi connectivity index (χ0) is 14.1. The first-order chi connectivity index (χ1) is 9.69. The number of aromatic hydroxyl groups is 1. The van der Waals surface area contributed by atoms with Gasteiger partial charge in [-0.1, -0.05) is 6.07 Å². The smallest absolute Gasteiger partial charge is 0.337 e. The molecule has 0 aliphatic heterocycles. The normalized spacial score (nSPS) is 10.7. The summed E-state index contributed by atoms with van der Waals surface area (Å²) in [7, 11) is 1.32. The number of phenols is 1. The van der Waals surface area contributed by atoms with Crippen molar-refractivity contribution < 1.29 is 14.6 Å². The number of ether oxygens (including phenoxy) is 1. The zero-order valence-corrected chi connectivity index (χ0v) is 10.8. The van der Waals surface area contributed by atoms with E-state index in [1.165, 1.54) is 19.2 Å². The number of rotatable bonds is 2. The second-order valence-corrected chi connectivity index (χ2v) is 4.36. The van der Waals surface area contributed by atoms with Gasteiger partial charge in [0.15, 0.2) is 0 Å². The Morgan fingerprint density at radius 1 is 1.25 bits per heavy atom. The molecule has 5 heteroatoms. The molecule has 0 spiro atoms. The van der Waals surface area contributed by atoms with Gasteiger partial charge in [-0.05, 0) is 35.9 Å². The molecule has 0 saturated carbocycles. The van der Waals surface area contributed by atoms with E-state index in [4.69, 9.17) is 0 Å². The minimum Gasteiger partial charge on any atom is -0.507 e. The van der Waals surface area contributed by atoms with Crippen molar-refractivity contribution in [3.63, 3.8) is 0 Å². The molecule has 3 rings (SSSR count). The second kappa shape index (κ2) is 4.70. The van der Waals surface area contributed by atoms with Crippen molar-refractivity contribution in [3.05, 3.63) is 48.3 Å². The van der Waals surface area contributed by atoms with Crippen LogP contribution >= 0.6 is 0 Å². The van der Waals surface area contributed by atoms with Crippen molar-refractivity contribution in [2.45, 2.75) is 0 Å². The van der Waals surface area contributed by atoms with Gasteiger partial charge in [-0.3, -0.25) is 0 Å². The van der Waals surface area contributed by atoms with Crippen molar-refractivity contribution in [2.24, 2.45) is 0 Å². The quantitative estimate of drug-likeness (QED) is 0.701. The van der Waals surface area contributed by atoms with Crippen LogP contribution < -0.4 is 0 Å². The summed E-state index contributed by atoms with van der Waals surface area (Å²) >= 11 is 0. The molecule has 0 radical (unpaired) electrons. The zero-order valence-electron chi connectivity index (χ0n) is 10.8. The fourth-order valence-corrected chi connectivity index (χ4v) is 2.12. The Balaban J connectivity index is 2.14. The average Bonchev–Trinajstić information content (AvgIpc) is 2.94. The molecule has 3 aromatic rings. The van der Waals surface area contributed by atoms with Crippen LogP contribution in [0.1, 0.15) is 10.4 Å². The van der Waals surface area contributed by atoms with Gasteiger partial charge in [-0.25, -0.2) is 9.78 Å². The predicted molar refractivity (Wildman–Crippen MR) is 74.5 cm³/mol. The largest absolute Gasteiger partial charge is 0.507 e. The van der Waals surface area contributed by atoms with E-state index in [9.17, 15) is 9.90 Å². The highest BCUT2D eigenvalue weighted by atomic mass is 16.5. The summed E-state index contributed by atoms with van der Waals surface area (Å²) in [5, 5.41) is 9.99. The number of nitrogens with zero attached hydrogens (tertiary/aromatic N) is 1. The van der Waals surface area contributed by atoms with E-state index in [1.807, 2.05) is 18.2 Å². The molecule has 2 N–H and O–H groups in total. The van der Waals surface area contributed by atoms with E-state index in [0.717, 1.165) is 16.6 Å². The monoisotopic (exact) mass is 268 g/mol. The highest BCUT2D eigenvalue weighted by Crippen LogP contribution is 2.31. The van der Waals surface area contributed by atoms with Gasteiger partial charge in [0.05, 0.1) is 30.0 Å². The summed E-state index contributed by atoms with van der Waals surface area (Å²) < 4.78 is 4.69. The molecule has 5 nitrogen and oxygen atoms in total.